The topological polar surface area (TPSA) is 65.4 Å². The molecule has 0 saturated heterocycles. The number of hydrazine groups is 1. The Bertz CT molecular complexity index is 629. The second-order valence-electron chi connectivity index (χ2n) is 6.81. The van der Waals surface area contributed by atoms with Gasteiger partial charge in [-0.05, 0) is 45.3 Å². The third-order valence-electron chi connectivity index (χ3n) is 3.31. The largest absolute Gasteiger partial charge is 0.442 e. The van der Waals surface area contributed by atoms with Crippen LogP contribution in [-0.4, -0.2) is 46.2 Å². The number of carbonyl (C=O) groups is 1. The van der Waals surface area contributed by atoms with Crippen molar-refractivity contribution in [3.05, 3.63) is 35.1 Å². The minimum absolute atomic E-state index is 0.00993. The van der Waals surface area contributed by atoms with E-state index >= 15 is 0 Å². The van der Waals surface area contributed by atoms with E-state index in [1.165, 1.54) is 10.0 Å². The van der Waals surface area contributed by atoms with Gasteiger partial charge in [-0.15, -0.1) is 0 Å². The molecule has 2 aliphatic heterocycles. The normalized spacial score (nSPS) is 20.1. The van der Waals surface area contributed by atoms with Gasteiger partial charge < -0.3 is 9.84 Å². The zero-order valence-corrected chi connectivity index (χ0v) is 14.5. The molecule has 1 N–H and O–H groups in total. The fourth-order valence-electron chi connectivity index (χ4n) is 2.35. The maximum atomic E-state index is 14.5. The SMILES string of the molecule is CC1=CN(C2=C(F)CC(=CCCO)C=N2)N(C(=O)OC(C)(C)C)C1. The van der Waals surface area contributed by atoms with Crippen molar-refractivity contribution < 1.29 is 19.0 Å². The van der Waals surface area contributed by atoms with Gasteiger partial charge in [-0.1, -0.05) is 6.08 Å². The third kappa shape index (κ3) is 4.44. The number of aliphatic hydroxyl groups is 1. The van der Waals surface area contributed by atoms with Crippen molar-refractivity contribution >= 4 is 12.3 Å². The van der Waals surface area contributed by atoms with Gasteiger partial charge in [0.15, 0.2) is 5.82 Å². The predicted molar refractivity (Wildman–Crippen MR) is 89.6 cm³/mol. The van der Waals surface area contributed by atoms with Crippen molar-refractivity contribution in [3.63, 3.8) is 0 Å². The number of halogens is 1. The summed E-state index contributed by atoms with van der Waals surface area (Å²) in [5.74, 6) is -0.347. The molecule has 132 valence electrons. The smallest absolute Gasteiger partial charge is 0.429 e. The Morgan fingerprint density at radius 3 is 2.79 bits per heavy atom. The molecular formula is C17H24FN3O3. The van der Waals surface area contributed by atoms with Crippen LogP contribution in [0.3, 0.4) is 0 Å². The molecule has 0 aromatic carbocycles. The highest BCUT2D eigenvalue weighted by molar-refractivity contribution is 5.81. The minimum atomic E-state index is -0.637. The van der Waals surface area contributed by atoms with E-state index in [0.29, 0.717) is 18.5 Å². The molecule has 7 heteroatoms. The van der Waals surface area contributed by atoms with Crippen LogP contribution in [0.4, 0.5) is 9.18 Å². The molecule has 0 unspecified atom stereocenters. The molecule has 0 atom stereocenters. The highest BCUT2D eigenvalue weighted by atomic mass is 19.1. The summed E-state index contributed by atoms with van der Waals surface area (Å²) in [6, 6.07) is 0. The van der Waals surface area contributed by atoms with Crippen LogP contribution in [0.1, 0.15) is 40.5 Å². The number of ether oxygens (including phenoxy) is 1. The zero-order chi connectivity index (χ0) is 17.9. The van der Waals surface area contributed by atoms with Crippen LogP contribution in [0.5, 0.6) is 0 Å². The maximum absolute atomic E-state index is 14.5. The molecule has 0 bridgehead atoms. The lowest BCUT2D eigenvalue weighted by atomic mass is 10.1. The molecule has 2 rings (SSSR count). The van der Waals surface area contributed by atoms with E-state index in [2.05, 4.69) is 4.99 Å². The number of aliphatic imine (C=N–C) groups is 1. The number of allylic oxidation sites excluding steroid dienone is 2. The van der Waals surface area contributed by atoms with Crippen LogP contribution in [0, 0.1) is 0 Å². The van der Waals surface area contributed by atoms with E-state index in [-0.39, 0.29) is 18.8 Å². The third-order valence-corrected chi connectivity index (χ3v) is 3.31. The Morgan fingerprint density at radius 2 is 2.21 bits per heavy atom. The average Bonchev–Trinajstić information content (AvgIpc) is 2.85. The first kappa shape index (κ1) is 18.2. The minimum Gasteiger partial charge on any atom is -0.442 e. The Hall–Kier alpha value is -2.15. The fraction of sp³-hybridized carbons (Fsp3) is 0.529. The Morgan fingerprint density at radius 1 is 1.50 bits per heavy atom. The average molecular weight is 337 g/mol. The summed E-state index contributed by atoms with van der Waals surface area (Å²) in [5, 5.41) is 11.6. The molecule has 1 amide bonds. The zero-order valence-electron chi connectivity index (χ0n) is 14.5. The van der Waals surface area contributed by atoms with Crippen molar-refractivity contribution in [2.45, 2.75) is 46.1 Å². The Kier molecular flexibility index (Phi) is 5.43. The second kappa shape index (κ2) is 7.17. The quantitative estimate of drug-likeness (QED) is 0.858. The Labute approximate surface area is 141 Å². The lowest BCUT2D eigenvalue weighted by molar-refractivity contribution is -0.00870. The Balaban J connectivity index is 2.20. The molecule has 2 heterocycles. The van der Waals surface area contributed by atoms with Gasteiger partial charge in [-0.2, -0.15) is 0 Å². The van der Waals surface area contributed by atoms with Crippen LogP contribution in [0.2, 0.25) is 0 Å². The number of aliphatic hydroxyl groups excluding tert-OH is 1. The van der Waals surface area contributed by atoms with Crippen molar-refractivity contribution in [2.24, 2.45) is 4.99 Å². The van der Waals surface area contributed by atoms with E-state index in [1.54, 1.807) is 39.3 Å². The number of nitrogens with zero attached hydrogens (tertiary/aromatic N) is 3. The first-order valence-corrected chi connectivity index (χ1v) is 7.91. The first-order valence-electron chi connectivity index (χ1n) is 7.91. The van der Waals surface area contributed by atoms with Crippen LogP contribution in [-0.2, 0) is 4.74 Å². The molecule has 6 nitrogen and oxygen atoms in total. The standard InChI is InChI=1S/C17H24FN3O3/c1-12-10-20(21(11-12)16(23)24-17(2,3)4)15-14(18)8-13(9-19-15)6-5-7-22/h6,9-10,22H,5,7-8,11H2,1-4H3. The number of hydrogen-bond donors (Lipinski definition) is 1. The lowest BCUT2D eigenvalue weighted by Crippen LogP contribution is -2.43. The van der Waals surface area contributed by atoms with Crippen molar-refractivity contribution in [1.82, 2.24) is 10.0 Å². The number of rotatable bonds is 3. The molecule has 2 aliphatic rings. The van der Waals surface area contributed by atoms with E-state index in [4.69, 9.17) is 9.84 Å². The summed E-state index contributed by atoms with van der Waals surface area (Å²) in [7, 11) is 0. The molecule has 0 aromatic heterocycles. The lowest BCUT2D eigenvalue weighted by Gasteiger charge is -2.32. The van der Waals surface area contributed by atoms with Gasteiger partial charge in [0.05, 0.1) is 6.54 Å². The van der Waals surface area contributed by atoms with E-state index in [9.17, 15) is 9.18 Å². The van der Waals surface area contributed by atoms with Crippen molar-refractivity contribution in [3.8, 4) is 0 Å². The van der Waals surface area contributed by atoms with Crippen LogP contribution < -0.4 is 0 Å². The van der Waals surface area contributed by atoms with Crippen molar-refractivity contribution in [2.75, 3.05) is 13.2 Å². The first-order chi connectivity index (χ1) is 11.2. The van der Waals surface area contributed by atoms with Gasteiger partial charge in [0, 0.05) is 25.4 Å². The van der Waals surface area contributed by atoms with Crippen LogP contribution in [0.25, 0.3) is 0 Å². The van der Waals surface area contributed by atoms with E-state index < -0.39 is 17.5 Å². The van der Waals surface area contributed by atoms with Gasteiger partial charge in [0.2, 0.25) is 0 Å². The van der Waals surface area contributed by atoms with E-state index in [1.807, 2.05) is 6.92 Å². The summed E-state index contributed by atoms with van der Waals surface area (Å²) in [5.41, 5.74) is 0.967. The second-order valence-corrected chi connectivity index (χ2v) is 6.81. The van der Waals surface area contributed by atoms with E-state index in [0.717, 1.165) is 5.57 Å². The summed E-state index contributed by atoms with van der Waals surface area (Å²) in [6.45, 7) is 7.53. The van der Waals surface area contributed by atoms with Crippen LogP contribution >= 0.6 is 0 Å². The summed E-state index contributed by atoms with van der Waals surface area (Å²) in [6.07, 6.45) is 4.98. The molecule has 0 spiro atoms. The maximum Gasteiger partial charge on any atom is 0.429 e. The van der Waals surface area contributed by atoms with Crippen LogP contribution in [0.15, 0.2) is 40.1 Å². The summed E-state index contributed by atoms with van der Waals surface area (Å²) >= 11 is 0. The molecule has 0 radical (unpaired) electrons. The number of carbonyl (C=O) groups excluding carboxylic acids is 1. The molecule has 0 saturated carbocycles. The molecule has 0 aromatic rings. The van der Waals surface area contributed by atoms with Gasteiger partial charge >= 0.3 is 6.09 Å². The molecular weight excluding hydrogens is 313 g/mol. The van der Waals surface area contributed by atoms with Gasteiger partial charge in [0.25, 0.3) is 0 Å². The fourth-order valence-corrected chi connectivity index (χ4v) is 2.35. The van der Waals surface area contributed by atoms with Gasteiger partial charge in [-0.3, -0.25) is 0 Å². The molecule has 0 aliphatic carbocycles. The highest BCUT2D eigenvalue weighted by Crippen LogP contribution is 2.30. The summed E-state index contributed by atoms with van der Waals surface area (Å²) in [4.78, 5) is 16.5. The van der Waals surface area contributed by atoms with Gasteiger partial charge in [0.1, 0.15) is 11.4 Å². The number of hydrogen-bond acceptors (Lipinski definition) is 5. The summed E-state index contributed by atoms with van der Waals surface area (Å²) < 4.78 is 19.9. The predicted octanol–water partition coefficient (Wildman–Crippen LogP) is 3.28. The monoisotopic (exact) mass is 337 g/mol. The van der Waals surface area contributed by atoms with Crippen molar-refractivity contribution in [1.29, 1.82) is 0 Å². The molecule has 24 heavy (non-hydrogen) atoms. The number of amides is 1. The van der Waals surface area contributed by atoms with Gasteiger partial charge in [-0.25, -0.2) is 24.2 Å². The molecule has 0 fully saturated rings. The highest BCUT2D eigenvalue weighted by Gasteiger charge is 2.33.